The van der Waals surface area contributed by atoms with E-state index in [1.807, 2.05) is 13.0 Å². The Bertz CT molecular complexity index is 606. The van der Waals surface area contributed by atoms with E-state index in [0.717, 1.165) is 22.6 Å². The van der Waals surface area contributed by atoms with Gasteiger partial charge in [0.25, 0.3) is 0 Å². The standard InChI is InChI=1S/C13H12FN3OS/c1-2-16-13-17-7-10(19-13)8-18-12-4-3-9(6-15)5-11(12)14/h3-5,7H,2,8H2,1H3,(H,16,17). The molecule has 1 N–H and O–H groups in total. The van der Waals surface area contributed by atoms with Crippen LogP contribution in [0, 0.1) is 17.1 Å². The predicted molar refractivity (Wildman–Crippen MR) is 71.7 cm³/mol. The average Bonchev–Trinajstić information content (AvgIpc) is 2.85. The maximum atomic E-state index is 13.6. The molecule has 0 fully saturated rings. The SMILES string of the molecule is CCNc1ncc(COc2ccc(C#N)cc2F)s1. The minimum atomic E-state index is -0.532. The Labute approximate surface area is 114 Å². The van der Waals surface area contributed by atoms with Gasteiger partial charge in [0.05, 0.1) is 16.5 Å². The lowest BCUT2D eigenvalue weighted by Crippen LogP contribution is -1.96. The van der Waals surface area contributed by atoms with Gasteiger partial charge in [-0.05, 0) is 25.1 Å². The van der Waals surface area contributed by atoms with Crippen molar-refractivity contribution in [1.29, 1.82) is 5.26 Å². The average molecular weight is 277 g/mol. The molecule has 4 nitrogen and oxygen atoms in total. The van der Waals surface area contributed by atoms with Gasteiger partial charge in [-0.15, -0.1) is 0 Å². The summed E-state index contributed by atoms with van der Waals surface area (Å²) in [5.41, 5.74) is 0.275. The highest BCUT2D eigenvalue weighted by Crippen LogP contribution is 2.22. The van der Waals surface area contributed by atoms with Gasteiger partial charge in [-0.3, -0.25) is 0 Å². The smallest absolute Gasteiger partial charge is 0.182 e. The highest BCUT2D eigenvalue weighted by molar-refractivity contribution is 7.15. The van der Waals surface area contributed by atoms with Gasteiger partial charge < -0.3 is 10.1 Å². The monoisotopic (exact) mass is 277 g/mol. The number of hydrogen-bond acceptors (Lipinski definition) is 5. The molecule has 0 bridgehead atoms. The molecule has 0 amide bonds. The number of benzene rings is 1. The van der Waals surface area contributed by atoms with Gasteiger partial charge in [-0.2, -0.15) is 5.26 Å². The molecule has 0 aliphatic carbocycles. The molecule has 98 valence electrons. The van der Waals surface area contributed by atoms with Crippen molar-refractivity contribution in [2.75, 3.05) is 11.9 Å². The van der Waals surface area contributed by atoms with Crippen LogP contribution < -0.4 is 10.1 Å². The molecule has 0 spiro atoms. The maximum absolute atomic E-state index is 13.6. The lowest BCUT2D eigenvalue weighted by atomic mass is 10.2. The molecule has 6 heteroatoms. The first-order valence-corrected chi connectivity index (χ1v) is 6.55. The van der Waals surface area contributed by atoms with Crippen LogP contribution in [0.4, 0.5) is 9.52 Å². The summed E-state index contributed by atoms with van der Waals surface area (Å²) in [6.07, 6.45) is 1.70. The number of ether oxygens (including phenoxy) is 1. The number of nitrogens with one attached hydrogen (secondary N) is 1. The second-order valence-corrected chi connectivity index (χ2v) is 4.82. The second-order valence-electron chi connectivity index (χ2n) is 3.71. The van der Waals surface area contributed by atoms with E-state index in [2.05, 4.69) is 10.3 Å². The minimum Gasteiger partial charge on any atom is -0.485 e. The topological polar surface area (TPSA) is 57.9 Å². The van der Waals surface area contributed by atoms with Crippen LogP contribution in [-0.2, 0) is 6.61 Å². The second kappa shape index (κ2) is 6.16. The highest BCUT2D eigenvalue weighted by Gasteiger charge is 2.07. The Morgan fingerprint density at radius 2 is 2.37 bits per heavy atom. The fourth-order valence-corrected chi connectivity index (χ4v) is 2.24. The Hall–Kier alpha value is -2.13. The number of aromatic nitrogens is 1. The van der Waals surface area contributed by atoms with E-state index in [4.69, 9.17) is 10.00 Å². The lowest BCUT2D eigenvalue weighted by molar-refractivity contribution is 0.293. The first-order chi connectivity index (χ1) is 9.22. The molecule has 19 heavy (non-hydrogen) atoms. The highest BCUT2D eigenvalue weighted by atomic mass is 32.1. The third kappa shape index (κ3) is 3.42. The molecule has 1 aromatic heterocycles. The van der Waals surface area contributed by atoms with Crippen molar-refractivity contribution < 1.29 is 9.13 Å². The van der Waals surface area contributed by atoms with Crippen molar-refractivity contribution in [3.8, 4) is 11.8 Å². The molecular formula is C13H12FN3OS. The van der Waals surface area contributed by atoms with Crippen molar-refractivity contribution in [3.63, 3.8) is 0 Å². The van der Waals surface area contributed by atoms with E-state index in [0.29, 0.717) is 0 Å². The van der Waals surface area contributed by atoms with E-state index < -0.39 is 5.82 Å². The molecule has 0 saturated carbocycles. The number of nitriles is 1. The maximum Gasteiger partial charge on any atom is 0.182 e. The summed E-state index contributed by atoms with van der Waals surface area (Å²) < 4.78 is 18.9. The van der Waals surface area contributed by atoms with Crippen LogP contribution in [0.3, 0.4) is 0 Å². The number of nitrogens with zero attached hydrogens (tertiary/aromatic N) is 2. The third-order valence-electron chi connectivity index (χ3n) is 2.31. The number of halogens is 1. The molecule has 0 radical (unpaired) electrons. The van der Waals surface area contributed by atoms with Gasteiger partial charge in [0.1, 0.15) is 6.61 Å². The van der Waals surface area contributed by atoms with Gasteiger partial charge in [-0.25, -0.2) is 9.37 Å². The number of rotatable bonds is 5. The van der Waals surface area contributed by atoms with Crippen molar-refractivity contribution in [2.45, 2.75) is 13.5 Å². The Morgan fingerprint density at radius 1 is 1.53 bits per heavy atom. The molecular weight excluding hydrogens is 265 g/mol. The summed E-state index contributed by atoms with van der Waals surface area (Å²) in [7, 11) is 0. The van der Waals surface area contributed by atoms with Crippen molar-refractivity contribution in [3.05, 3.63) is 40.7 Å². The first-order valence-electron chi connectivity index (χ1n) is 5.74. The zero-order chi connectivity index (χ0) is 13.7. The molecule has 1 heterocycles. The summed E-state index contributed by atoms with van der Waals surface area (Å²) in [5, 5.41) is 12.6. The quantitative estimate of drug-likeness (QED) is 0.912. The van der Waals surface area contributed by atoms with E-state index in [1.165, 1.54) is 23.5 Å². The third-order valence-corrected chi connectivity index (χ3v) is 3.24. The van der Waals surface area contributed by atoms with Crippen LogP contribution in [-0.4, -0.2) is 11.5 Å². The number of thiazole rings is 1. The van der Waals surface area contributed by atoms with Crippen molar-refractivity contribution in [2.24, 2.45) is 0 Å². The van der Waals surface area contributed by atoms with E-state index >= 15 is 0 Å². The van der Waals surface area contributed by atoms with Gasteiger partial charge in [0.2, 0.25) is 0 Å². The predicted octanol–water partition coefficient (Wildman–Crippen LogP) is 3.16. The van der Waals surface area contributed by atoms with Crippen molar-refractivity contribution in [1.82, 2.24) is 4.98 Å². The van der Waals surface area contributed by atoms with Gasteiger partial charge in [0, 0.05) is 12.7 Å². The Kier molecular flexibility index (Phi) is 4.31. The van der Waals surface area contributed by atoms with Crippen LogP contribution >= 0.6 is 11.3 Å². The van der Waals surface area contributed by atoms with Crippen LogP contribution in [0.25, 0.3) is 0 Å². The number of hydrogen-bond donors (Lipinski definition) is 1. The molecule has 2 aromatic rings. The minimum absolute atomic E-state index is 0.136. The zero-order valence-electron chi connectivity index (χ0n) is 10.3. The van der Waals surface area contributed by atoms with E-state index in [-0.39, 0.29) is 17.9 Å². The van der Waals surface area contributed by atoms with Gasteiger partial charge >= 0.3 is 0 Å². The summed E-state index contributed by atoms with van der Waals surface area (Å²) in [4.78, 5) is 5.06. The van der Waals surface area contributed by atoms with Crippen LogP contribution in [0.1, 0.15) is 17.4 Å². The van der Waals surface area contributed by atoms with Gasteiger partial charge in [0.15, 0.2) is 16.7 Å². The number of anilines is 1. The van der Waals surface area contributed by atoms with Gasteiger partial charge in [-0.1, -0.05) is 11.3 Å². The Balaban J connectivity index is 2.00. The molecule has 0 atom stereocenters. The van der Waals surface area contributed by atoms with E-state index in [1.54, 1.807) is 6.20 Å². The Morgan fingerprint density at radius 3 is 3.05 bits per heavy atom. The van der Waals surface area contributed by atoms with Crippen LogP contribution in [0.2, 0.25) is 0 Å². The molecule has 0 saturated heterocycles. The van der Waals surface area contributed by atoms with E-state index in [9.17, 15) is 4.39 Å². The lowest BCUT2D eigenvalue weighted by Gasteiger charge is -2.05. The summed E-state index contributed by atoms with van der Waals surface area (Å²) in [5.74, 6) is -0.395. The molecule has 2 rings (SSSR count). The molecule has 1 aromatic carbocycles. The molecule has 0 unspecified atom stereocenters. The fourth-order valence-electron chi connectivity index (χ4n) is 1.44. The molecule has 0 aliphatic heterocycles. The summed E-state index contributed by atoms with van der Waals surface area (Å²) in [6, 6.07) is 6.01. The molecule has 0 aliphatic rings. The van der Waals surface area contributed by atoms with Crippen molar-refractivity contribution >= 4 is 16.5 Å². The van der Waals surface area contributed by atoms with Crippen LogP contribution in [0.5, 0.6) is 5.75 Å². The fraction of sp³-hybridized carbons (Fsp3) is 0.231. The first kappa shape index (κ1) is 13.3. The summed E-state index contributed by atoms with van der Waals surface area (Å²) >= 11 is 1.47. The normalized spacial score (nSPS) is 9.95. The zero-order valence-corrected chi connectivity index (χ0v) is 11.1. The summed E-state index contributed by atoms with van der Waals surface area (Å²) in [6.45, 7) is 3.05. The van der Waals surface area contributed by atoms with Crippen LogP contribution in [0.15, 0.2) is 24.4 Å². The largest absolute Gasteiger partial charge is 0.485 e.